The zero-order chi connectivity index (χ0) is 12.3. The third kappa shape index (κ3) is 1.59. The highest BCUT2D eigenvalue weighted by molar-refractivity contribution is 5.37. The highest BCUT2D eigenvalue weighted by atomic mass is 15.3. The van der Waals surface area contributed by atoms with Crippen molar-refractivity contribution < 1.29 is 0 Å². The third-order valence-electron chi connectivity index (χ3n) is 4.66. The van der Waals surface area contributed by atoms with Crippen LogP contribution in [-0.2, 0) is 11.0 Å². The summed E-state index contributed by atoms with van der Waals surface area (Å²) in [4.78, 5) is 0. The monoisotopic (exact) mass is 233 g/mol. The molecule has 2 aliphatic rings. The van der Waals surface area contributed by atoms with E-state index in [-0.39, 0.29) is 5.54 Å². The van der Waals surface area contributed by atoms with Crippen LogP contribution in [0.4, 0.5) is 5.82 Å². The van der Waals surface area contributed by atoms with Crippen LogP contribution in [0.1, 0.15) is 58.6 Å². The van der Waals surface area contributed by atoms with Crippen LogP contribution in [0, 0.1) is 5.92 Å². The van der Waals surface area contributed by atoms with Crippen molar-refractivity contribution in [3.8, 4) is 0 Å². The number of hydrogen-bond donors (Lipinski definition) is 1. The number of rotatable bonds is 1. The standard InChI is InChI=1S/C14H23N3/c1-13(2,3)17-12(15)8-11(16-17)14-6-4-10(9-14)5-7-14/h8,10H,4-7,9,15H2,1-3H3. The number of aromatic nitrogens is 2. The van der Waals surface area contributed by atoms with Crippen LogP contribution in [0.25, 0.3) is 0 Å². The number of anilines is 1. The van der Waals surface area contributed by atoms with E-state index >= 15 is 0 Å². The Morgan fingerprint density at radius 2 is 2.00 bits per heavy atom. The summed E-state index contributed by atoms with van der Waals surface area (Å²) in [5, 5.41) is 4.82. The first-order chi connectivity index (χ1) is 7.91. The Hall–Kier alpha value is -0.990. The molecule has 1 aromatic heterocycles. The van der Waals surface area contributed by atoms with Gasteiger partial charge in [0.15, 0.2) is 0 Å². The topological polar surface area (TPSA) is 43.8 Å². The number of fused-ring (bicyclic) bond motifs is 2. The zero-order valence-electron chi connectivity index (χ0n) is 11.2. The van der Waals surface area contributed by atoms with Crippen molar-refractivity contribution in [2.75, 3.05) is 5.73 Å². The second-order valence-corrected chi connectivity index (χ2v) is 6.96. The molecule has 17 heavy (non-hydrogen) atoms. The molecular formula is C14H23N3. The van der Waals surface area contributed by atoms with Gasteiger partial charge in [0.05, 0.1) is 11.2 Å². The smallest absolute Gasteiger partial charge is 0.122 e. The van der Waals surface area contributed by atoms with Crippen molar-refractivity contribution in [3.05, 3.63) is 11.8 Å². The van der Waals surface area contributed by atoms with Gasteiger partial charge in [0.1, 0.15) is 5.82 Å². The summed E-state index contributed by atoms with van der Waals surface area (Å²) in [6, 6.07) is 2.12. The van der Waals surface area contributed by atoms with Crippen LogP contribution in [0.5, 0.6) is 0 Å². The van der Waals surface area contributed by atoms with Crippen LogP contribution in [0.3, 0.4) is 0 Å². The fourth-order valence-electron chi connectivity index (χ4n) is 3.74. The lowest BCUT2D eigenvalue weighted by Crippen LogP contribution is -2.26. The number of nitrogens with two attached hydrogens (primary N) is 1. The van der Waals surface area contributed by atoms with Gasteiger partial charge in [-0.3, -0.25) is 0 Å². The Bertz CT molecular complexity index is 431. The van der Waals surface area contributed by atoms with Gasteiger partial charge in [0.2, 0.25) is 0 Å². The lowest BCUT2D eigenvalue weighted by Gasteiger charge is -2.25. The molecule has 0 aromatic carbocycles. The lowest BCUT2D eigenvalue weighted by molar-refractivity contribution is 0.343. The molecule has 2 aliphatic carbocycles. The molecule has 0 radical (unpaired) electrons. The average molecular weight is 233 g/mol. The predicted octanol–water partition coefficient (Wildman–Crippen LogP) is 3.05. The third-order valence-corrected chi connectivity index (χ3v) is 4.66. The van der Waals surface area contributed by atoms with Gasteiger partial charge in [0, 0.05) is 11.5 Å². The Morgan fingerprint density at radius 1 is 1.35 bits per heavy atom. The molecule has 1 aromatic rings. The van der Waals surface area contributed by atoms with E-state index in [2.05, 4.69) is 26.8 Å². The van der Waals surface area contributed by atoms with Gasteiger partial charge in [-0.15, -0.1) is 0 Å². The Balaban J connectivity index is 2.00. The maximum absolute atomic E-state index is 6.12. The fourth-order valence-corrected chi connectivity index (χ4v) is 3.74. The predicted molar refractivity (Wildman–Crippen MR) is 69.9 cm³/mol. The SMILES string of the molecule is CC(C)(C)n1nc(C23CCC(CC2)C3)cc1N. The van der Waals surface area contributed by atoms with E-state index in [0.717, 1.165) is 11.7 Å². The van der Waals surface area contributed by atoms with Gasteiger partial charge < -0.3 is 5.73 Å². The molecule has 1 heterocycles. The normalized spacial score (nSPS) is 32.3. The van der Waals surface area contributed by atoms with Gasteiger partial charge in [-0.2, -0.15) is 5.10 Å². The van der Waals surface area contributed by atoms with Crippen molar-refractivity contribution in [2.24, 2.45) is 5.92 Å². The van der Waals surface area contributed by atoms with Crippen LogP contribution >= 0.6 is 0 Å². The first-order valence-electron chi connectivity index (χ1n) is 6.77. The van der Waals surface area contributed by atoms with Crippen LogP contribution in [0.15, 0.2) is 6.07 Å². The highest BCUT2D eigenvalue weighted by Gasteiger charge is 2.47. The summed E-state index contributed by atoms with van der Waals surface area (Å²) < 4.78 is 1.99. The lowest BCUT2D eigenvalue weighted by atomic mass is 9.81. The van der Waals surface area contributed by atoms with E-state index in [0.29, 0.717) is 5.41 Å². The highest BCUT2D eigenvalue weighted by Crippen LogP contribution is 2.55. The van der Waals surface area contributed by atoms with E-state index in [4.69, 9.17) is 10.8 Å². The molecule has 2 fully saturated rings. The van der Waals surface area contributed by atoms with Crippen molar-refractivity contribution in [1.82, 2.24) is 9.78 Å². The van der Waals surface area contributed by atoms with Gasteiger partial charge >= 0.3 is 0 Å². The summed E-state index contributed by atoms with van der Waals surface area (Å²) in [6.45, 7) is 6.47. The molecule has 2 bridgehead atoms. The Labute approximate surface area is 103 Å². The maximum Gasteiger partial charge on any atom is 0.122 e. The quantitative estimate of drug-likeness (QED) is 0.810. The zero-order valence-corrected chi connectivity index (χ0v) is 11.2. The molecule has 0 spiro atoms. The van der Waals surface area contributed by atoms with Gasteiger partial charge in [-0.1, -0.05) is 0 Å². The summed E-state index contributed by atoms with van der Waals surface area (Å²) in [5.74, 6) is 1.77. The van der Waals surface area contributed by atoms with Crippen molar-refractivity contribution in [1.29, 1.82) is 0 Å². The largest absolute Gasteiger partial charge is 0.384 e. The second kappa shape index (κ2) is 3.27. The summed E-state index contributed by atoms with van der Waals surface area (Å²) in [7, 11) is 0. The maximum atomic E-state index is 6.12. The minimum atomic E-state index is -0.0183. The number of hydrogen-bond acceptors (Lipinski definition) is 2. The van der Waals surface area contributed by atoms with Crippen LogP contribution in [0.2, 0.25) is 0 Å². The van der Waals surface area contributed by atoms with Gasteiger partial charge in [-0.25, -0.2) is 4.68 Å². The molecular weight excluding hydrogens is 210 g/mol. The molecule has 3 heteroatoms. The van der Waals surface area contributed by atoms with Crippen molar-refractivity contribution in [3.63, 3.8) is 0 Å². The van der Waals surface area contributed by atoms with Crippen LogP contribution < -0.4 is 5.73 Å². The molecule has 94 valence electrons. The molecule has 3 nitrogen and oxygen atoms in total. The molecule has 2 saturated carbocycles. The van der Waals surface area contributed by atoms with E-state index < -0.39 is 0 Å². The van der Waals surface area contributed by atoms with E-state index in [1.807, 2.05) is 4.68 Å². The summed E-state index contributed by atoms with van der Waals surface area (Å²) >= 11 is 0. The first-order valence-corrected chi connectivity index (χ1v) is 6.77. The van der Waals surface area contributed by atoms with E-state index in [9.17, 15) is 0 Å². The molecule has 0 amide bonds. The van der Waals surface area contributed by atoms with Crippen molar-refractivity contribution >= 4 is 5.82 Å². The first kappa shape index (κ1) is 11.1. The minimum Gasteiger partial charge on any atom is -0.384 e. The number of nitrogens with zero attached hydrogens (tertiary/aromatic N) is 2. The van der Waals surface area contributed by atoms with E-state index in [1.165, 1.54) is 37.8 Å². The molecule has 3 rings (SSSR count). The molecule has 0 unspecified atom stereocenters. The van der Waals surface area contributed by atoms with Crippen molar-refractivity contribution in [2.45, 2.75) is 63.8 Å². The minimum absolute atomic E-state index is 0.0183. The Kier molecular flexibility index (Phi) is 2.14. The Morgan fingerprint density at radius 3 is 2.41 bits per heavy atom. The molecule has 0 saturated heterocycles. The fraction of sp³-hybridized carbons (Fsp3) is 0.786. The van der Waals surface area contributed by atoms with E-state index in [1.54, 1.807) is 0 Å². The average Bonchev–Trinajstić information content (AvgIpc) is 2.88. The second-order valence-electron chi connectivity index (χ2n) is 6.96. The number of nitrogen functional groups attached to an aromatic ring is 1. The molecule has 0 atom stereocenters. The summed E-state index contributed by atoms with van der Waals surface area (Å²) in [5.41, 5.74) is 7.73. The van der Waals surface area contributed by atoms with Gasteiger partial charge in [-0.05, 0) is 58.8 Å². The van der Waals surface area contributed by atoms with Gasteiger partial charge in [0.25, 0.3) is 0 Å². The summed E-state index contributed by atoms with van der Waals surface area (Å²) in [6.07, 6.45) is 6.76. The van der Waals surface area contributed by atoms with Crippen LogP contribution in [-0.4, -0.2) is 9.78 Å². The molecule has 2 N–H and O–H groups in total. The molecule has 0 aliphatic heterocycles.